The largest absolute Gasteiger partial charge is 0.506 e. The predicted molar refractivity (Wildman–Crippen MR) is 185 cm³/mol. The van der Waals surface area contributed by atoms with E-state index in [0.29, 0.717) is 5.52 Å². The number of aromatic nitrogens is 2. The van der Waals surface area contributed by atoms with Crippen LogP contribution < -0.4 is 0 Å². The van der Waals surface area contributed by atoms with Gasteiger partial charge < -0.3 is 5.11 Å². The maximum atomic E-state index is 10.6. The molecule has 206 valence electrons. The number of rotatable bonds is 3. The second-order valence-electron chi connectivity index (χ2n) is 11.1. The van der Waals surface area contributed by atoms with E-state index in [-0.39, 0.29) is 5.75 Å². The van der Waals surface area contributed by atoms with Crippen LogP contribution in [0.25, 0.3) is 86.3 Å². The highest BCUT2D eigenvalue weighted by molar-refractivity contribution is 7.21. The fourth-order valence-corrected chi connectivity index (χ4v) is 7.58. The van der Waals surface area contributed by atoms with Gasteiger partial charge in [-0.15, -0.1) is 11.3 Å². The van der Waals surface area contributed by atoms with Crippen molar-refractivity contribution in [2.75, 3.05) is 0 Å². The van der Waals surface area contributed by atoms with Gasteiger partial charge in [0.25, 0.3) is 0 Å². The zero-order valence-electron chi connectivity index (χ0n) is 23.5. The van der Waals surface area contributed by atoms with Crippen LogP contribution in [0.3, 0.4) is 0 Å². The summed E-state index contributed by atoms with van der Waals surface area (Å²) in [5.41, 5.74) is 7.39. The lowest BCUT2D eigenvalue weighted by atomic mass is 9.87. The van der Waals surface area contributed by atoms with Gasteiger partial charge in [-0.1, -0.05) is 97.1 Å². The lowest BCUT2D eigenvalue weighted by Gasteiger charge is -2.17. The molecule has 44 heavy (non-hydrogen) atoms. The lowest BCUT2D eigenvalue weighted by molar-refractivity contribution is 0.480. The topological polar surface area (TPSA) is 46.0 Å². The maximum absolute atomic E-state index is 10.6. The van der Waals surface area contributed by atoms with Crippen molar-refractivity contribution in [2.45, 2.75) is 0 Å². The second kappa shape index (κ2) is 9.73. The summed E-state index contributed by atoms with van der Waals surface area (Å²) in [4.78, 5) is 9.36. The second-order valence-corrected chi connectivity index (χ2v) is 12.2. The maximum Gasteiger partial charge on any atom is 0.141 e. The molecular weight excluding hydrogens is 557 g/mol. The molecule has 2 heterocycles. The summed E-state index contributed by atoms with van der Waals surface area (Å²) in [5.74, 6) is 0.193. The van der Waals surface area contributed by atoms with Gasteiger partial charge in [-0.25, -0.2) is 4.98 Å². The highest BCUT2D eigenvalue weighted by Gasteiger charge is 2.17. The molecule has 9 aromatic rings. The molecule has 0 aliphatic heterocycles. The summed E-state index contributed by atoms with van der Waals surface area (Å²) in [6.07, 6.45) is 1.73. The van der Waals surface area contributed by atoms with Crippen molar-refractivity contribution in [3.8, 4) is 38.6 Å². The van der Waals surface area contributed by atoms with Crippen LogP contribution >= 0.6 is 11.3 Å². The molecule has 0 aliphatic carbocycles. The van der Waals surface area contributed by atoms with Crippen molar-refractivity contribution < 1.29 is 5.11 Å². The molecule has 2 aromatic heterocycles. The fourth-order valence-electron chi connectivity index (χ4n) is 6.61. The minimum absolute atomic E-state index is 0.193. The summed E-state index contributed by atoms with van der Waals surface area (Å²) >= 11 is 1.73. The van der Waals surface area contributed by atoms with E-state index in [1.54, 1.807) is 23.6 Å². The SMILES string of the molecule is Oc1ccc(-c2c3ccccc3cc3c2ccc2c(-c4ccc(-c5nc6ccccc6s5)cc4)cccc23)c2cccnc12. The Morgan fingerprint density at radius 2 is 1.30 bits per heavy atom. The van der Waals surface area contributed by atoms with E-state index in [0.717, 1.165) is 32.6 Å². The first-order chi connectivity index (χ1) is 21.7. The molecule has 0 unspecified atom stereocenters. The number of hydrogen-bond donors (Lipinski definition) is 1. The van der Waals surface area contributed by atoms with Crippen molar-refractivity contribution in [1.82, 2.24) is 9.97 Å². The summed E-state index contributed by atoms with van der Waals surface area (Å²) in [6.45, 7) is 0. The summed E-state index contributed by atoms with van der Waals surface area (Å²) in [7, 11) is 0. The van der Waals surface area contributed by atoms with Crippen LogP contribution in [-0.2, 0) is 0 Å². The number of fused-ring (bicyclic) bond motifs is 6. The van der Waals surface area contributed by atoms with E-state index < -0.39 is 0 Å². The van der Waals surface area contributed by atoms with Gasteiger partial charge >= 0.3 is 0 Å². The Morgan fingerprint density at radius 3 is 2.20 bits per heavy atom. The number of para-hydroxylation sites is 1. The number of thiazole rings is 1. The van der Waals surface area contributed by atoms with E-state index in [1.165, 1.54) is 48.1 Å². The third-order valence-electron chi connectivity index (χ3n) is 8.66. The summed E-state index contributed by atoms with van der Waals surface area (Å²) in [5, 5.41) is 19.7. The van der Waals surface area contributed by atoms with E-state index in [9.17, 15) is 5.11 Å². The quantitative estimate of drug-likeness (QED) is 0.167. The monoisotopic (exact) mass is 580 g/mol. The van der Waals surface area contributed by atoms with Crippen LogP contribution in [-0.4, -0.2) is 15.1 Å². The number of aromatic hydroxyl groups is 1. The molecule has 0 fully saturated rings. The molecule has 3 nitrogen and oxygen atoms in total. The Morgan fingerprint density at radius 1 is 0.523 bits per heavy atom. The van der Waals surface area contributed by atoms with Crippen molar-refractivity contribution >= 4 is 64.8 Å². The van der Waals surface area contributed by atoms with Crippen LogP contribution in [0.1, 0.15) is 0 Å². The van der Waals surface area contributed by atoms with Crippen molar-refractivity contribution in [3.05, 3.63) is 140 Å². The molecule has 0 bridgehead atoms. The first-order valence-corrected chi connectivity index (χ1v) is 15.5. The molecule has 0 saturated carbocycles. The van der Waals surface area contributed by atoms with Gasteiger partial charge in [-0.3, -0.25) is 4.98 Å². The smallest absolute Gasteiger partial charge is 0.141 e. The first-order valence-electron chi connectivity index (χ1n) is 14.6. The zero-order chi connectivity index (χ0) is 29.2. The molecule has 4 heteroatoms. The van der Waals surface area contributed by atoms with Crippen LogP contribution in [0, 0.1) is 0 Å². The number of pyridine rings is 1. The molecule has 0 amide bonds. The van der Waals surface area contributed by atoms with Gasteiger partial charge in [0.1, 0.15) is 16.3 Å². The number of phenols is 1. The molecule has 0 aliphatic rings. The standard InChI is InChI=1S/C40H24N2OS/c43-36-21-20-31(33-11-6-22-41-39(33)36)38-28-8-2-1-7-26(28)23-34-29-10-5-9-27(30(29)18-19-32(34)38)24-14-16-25(17-15-24)40-42-35-12-3-4-13-37(35)44-40/h1-23,43H. The summed E-state index contributed by atoms with van der Waals surface area (Å²) in [6, 6.07) is 46.8. The van der Waals surface area contributed by atoms with Crippen LogP contribution in [0.2, 0.25) is 0 Å². The predicted octanol–water partition coefficient (Wildman–Crippen LogP) is 11.0. The molecule has 0 saturated heterocycles. The number of benzene rings is 7. The average Bonchev–Trinajstić information content (AvgIpc) is 3.52. The van der Waals surface area contributed by atoms with Crippen molar-refractivity contribution in [3.63, 3.8) is 0 Å². The van der Waals surface area contributed by atoms with Gasteiger partial charge in [-0.2, -0.15) is 0 Å². The van der Waals surface area contributed by atoms with E-state index >= 15 is 0 Å². The Kier molecular flexibility index (Phi) is 5.52. The van der Waals surface area contributed by atoms with E-state index in [1.807, 2.05) is 24.3 Å². The molecule has 7 aromatic carbocycles. The Hall–Kier alpha value is -5.58. The normalized spacial score (nSPS) is 11.7. The third kappa shape index (κ3) is 3.82. The molecular formula is C40H24N2OS. The molecule has 0 spiro atoms. The van der Waals surface area contributed by atoms with Gasteiger partial charge in [-0.05, 0) is 91.0 Å². The number of hydrogen-bond acceptors (Lipinski definition) is 4. The van der Waals surface area contributed by atoms with Gasteiger partial charge in [0.2, 0.25) is 0 Å². The van der Waals surface area contributed by atoms with Gasteiger partial charge in [0, 0.05) is 17.1 Å². The first kappa shape index (κ1) is 25.0. The van der Waals surface area contributed by atoms with E-state index in [4.69, 9.17) is 4.98 Å². The number of nitrogens with zero attached hydrogens (tertiary/aromatic N) is 2. The highest BCUT2D eigenvalue weighted by Crippen LogP contribution is 2.44. The Labute approximate surface area is 257 Å². The number of phenolic OH excluding ortho intramolecular Hbond substituents is 1. The van der Waals surface area contributed by atoms with Crippen molar-refractivity contribution in [1.29, 1.82) is 0 Å². The Bertz CT molecular complexity index is 2530. The van der Waals surface area contributed by atoms with Gasteiger partial charge in [0.05, 0.1) is 10.2 Å². The third-order valence-corrected chi connectivity index (χ3v) is 9.74. The van der Waals surface area contributed by atoms with E-state index in [2.05, 4.69) is 108 Å². The minimum Gasteiger partial charge on any atom is -0.506 e. The molecule has 1 N–H and O–H groups in total. The fraction of sp³-hybridized carbons (Fsp3) is 0. The van der Waals surface area contributed by atoms with Crippen LogP contribution in [0.5, 0.6) is 5.75 Å². The highest BCUT2D eigenvalue weighted by atomic mass is 32.1. The minimum atomic E-state index is 0.193. The van der Waals surface area contributed by atoms with Crippen LogP contribution in [0.4, 0.5) is 0 Å². The van der Waals surface area contributed by atoms with Gasteiger partial charge in [0.15, 0.2) is 0 Å². The molecule has 9 rings (SSSR count). The molecule has 0 atom stereocenters. The van der Waals surface area contributed by atoms with Crippen LogP contribution in [0.15, 0.2) is 140 Å². The van der Waals surface area contributed by atoms with Crippen molar-refractivity contribution in [2.24, 2.45) is 0 Å². The molecule has 0 radical (unpaired) electrons. The Balaban J connectivity index is 1.25. The zero-order valence-corrected chi connectivity index (χ0v) is 24.3. The lowest BCUT2D eigenvalue weighted by Crippen LogP contribution is -1.90. The average molecular weight is 581 g/mol. The summed E-state index contributed by atoms with van der Waals surface area (Å²) < 4.78 is 1.20.